The molecule has 3 nitrogen and oxygen atoms in total. The van der Waals surface area contributed by atoms with Crippen molar-refractivity contribution in [3.63, 3.8) is 0 Å². The quantitative estimate of drug-likeness (QED) is 0.651. The van der Waals surface area contributed by atoms with Gasteiger partial charge in [0.15, 0.2) is 6.61 Å². The fourth-order valence-electron chi connectivity index (χ4n) is 0.885. The first kappa shape index (κ1) is 12.6. The summed E-state index contributed by atoms with van der Waals surface area (Å²) in [5.74, 6) is -1.10. The van der Waals surface area contributed by atoms with Crippen molar-refractivity contribution in [2.45, 2.75) is 6.18 Å². The summed E-state index contributed by atoms with van der Waals surface area (Å²) in [5, 5.41) is 0.0847. The number of nitrogen functional groups attached to an aromatic ring is 1. The fraction of sp³-hybridized carbons (Fsp3) is 0.222. The van der Waals surface area contributed by atoms with Gasteiger partial charge in [-0.15, -0.1) is 0 Å². The zero-order valence-corrected chi connectivity index (χ0v) is 8.60. The Balaban J connectivity index is 2.70. The van der Waals surface area contributed by atoms with Crippen LogP contribution in [0.15, 0.2) is 18.2 Å². The molecule has 0 fully saturated rings. The van der Waals surface area contributed by atoms with Gasteiger partial charge in [-0.05, 0) is 18.2 Å². The number of nitrogens with two attached hydrogens (primary N) is 1. The number of hydrogen-bond donors (Lipinski definition) is 1. The minimum atomic E-state index is -4.55. The van der Waals surface area contributed by atoms with Crippen LogP contribution >= 0.6 is 11.6 Å². The van der Waals surface area contributed by atoms with Crippen molar-refractivity contribution >= 4 is 23.3 Å². The molecular weight excluding hydrogens is 247 g/mol. The molecule has 0 atom stereocenters. The summed E-state index contributed by atoms with van der Waals surface area (Å²) in [7, 11) is 0. The molecular formula is C9H7ClF3NO2. The Morgan fingerprint density at radius 1 is 1.44 bits per heavy atom. The van der Waals surface area contributed by atoms with Crippen molar-refractivity contribution in [1.82, 2.24) is 0 Å². The van der Waals surface area contributed by atoms with Crippen LogP contribution in [0.25, 0.3) is 0 Å². The summed E-state index contributed by atoms with van der Waals surface area (Å²) in [5.41, 5.74) is 5.52. The molecule has 0 unspecified atom stereocenters. The summed E-state index contributed by atoms with van der Waals surface area (Å²) < 4.78 is 39.3. The maximum atomic E-state index is 11.8. The first-order valence-electron chi connectivity index (χ1n) is 4.08. The second kappa shape index (κ2) is 4.61. The number of benzene rings is 1. The summed E-state index contributed by atoms with van der Waals surface area (Å²) in [4.78, 5) is 11.1. The van der Waals surface area contributed by atoms with E-state index < -0.39 is 18.8 Å². The van der Waals surface area contributed by atoms with Crippen LogP contribution in [0.3, 0.4) is 0 Å². The molecule has 1 rings (SSSR count). The third-order valence-corrected chi connectivity index (χ3v) is 1.93. The highest BCUT2D eigenvalue weighted by atomic mass is 35.5. The van der Waals surface area contributed by atoms with Gasteiger partial charge in [-0.25, -0.2) is 4.79 Å². The molecule has 0 aromatic heterocycles. The molecule has 0 saturated carbocycles. The van der Waals surface area contributed by atoms with Crippen LogP contribution in [0.5, 0.6) is 0 Å². The van der Waals surface area contributed by atoms with Crippen LogP contribution < -0.4 is 5.73 Å². The zero-order chi connectivity index (χ0) is 12.3. The highest BCUT2D eigenvalue weighted by Crippen LogP contribution is 2.21. The lowest BCUT2D eigenvalue weighted by atomic mass is 10.2. The number of rotatable bonds is 2. The molecule has 88 valence electrons. The topological polar surface area (TPSA) is 52.3 Å². The summed E-state index contributed by atoms with van der Waals surface area (Å²) in [6.45, 7) is -1.63. The van der Waals surface area contributed by atoms with Crippen LogP contribution in [0.1, 0.15) is 10.4 Å². The molecule has 0 saturated heterocycles. The SMILES string of the molecule is Nc1ccc(C(=O)OCC(F)(F)F)cc1Cl. The van der Waals surface area contributed by atoms with Crippen LogP contribution in [0.4, 0.5) is 18.9 Å². The van der Waals surface area contributed by atoms with E-state index >= 15 is 0 Å². The molecule has 1 aromatic rings. The molecule has 7 heteroatoms. The van der Waals surface area contributed by atoms with E-state index in [4.69, 9.17) is 17.3 Å². The monoisotopic (exact) mass is 253 g/mol. The van der Waals surface area contributed by atoms with Crippen molar-refractivity contribution in [3.05, 3.63) is 28.8 Å². The minimum Gasteiger partial charge on any atom is -0.452 e. The summed E-state index contributed by atoms with van der Waals surface area (Å²) >= 11 is 5.59. The van der Waals surface area contributed by atoms with Gasteiger partial charge in [0, 0.05) is 0 Å². The average molecular weight is 254 g/mol. The second-order valence-electron chi connectivity index (χ2n) is 2.93. The Kier molecular flexibility index (Phi) is 3.64. The number of halogens is 4. The number of hydrogen-bond acceptors (Lipinski definition) is 3. The van der Waals surface area contributed by atoms with Crippen molar-refractivity contribution in [3.8, 4) is 0 Å². The summed E-state index contributed by atoms with van der Waals surface area (Å²) in [6, 6.07) is 3.70. The summed E-state index contributed by atoms with van der Waals surface area (Å²) in [6.07, 6.45) is -4.55. The number of ether oxygens (including phenoxy) is 1. The fourth-order valence-corrected chi connectivity index (χ4v) is 1.07. The third kappa shape index (κ3) is 3.62. The predicted octanol–water partition coefficient (Wildman–Crippen LogP) is 2.64. The van der Waals surface area contributed by atoms with E-state index in [9.17, 15) is 18.0 Å². The molecule has 0 heterocycles. The molecule has 2 N–H and O–H groups in total. The van der Waals surface area contributed by atoms with Crippen molar-refractivity contribution in [2.75, 3.05) is 12.3 Å². The normalized spacial score (nSPS) is 11.2. The first-order valence-corrected chi connectivity index (χ1v) is 4.46. The van der Waals surface area contributed by atoms with E-state index in [1.54, 1.807) is 0 Å². The third-order valence-electron chi connectivity index (χ3n) is 1.60. The first-order chi connectivity index (χ1) is 7.29. The number of alkyl halides is 3. The minimum absolute atomic E-state index is 0.0801. The van der Waals surface area contributed by atoms with Crippen molar-refractivity contribution in [1.29, 1.82) is 0 Å². The Hall–Kier alpha value is -1.43. The molecule has 0 bridgehead atoms. The number of carbonyl (C=O) groups excluding carboxylic acids is 1. The lowest BCUT2D eigenvalue weighted by Gasteiger charge is -2.08. The average Bonchev–Trinajstić information content (AvgIpc) is 2.17. The Labute approximate surface area is 93.9 Å². The lowest BCUT2D eigenvalue weighted by molar-refractivity contribution is -0.161. The number of anilines is 1. The standard InChI is InChI=1S/C9H7ClF3NO2/c10-6-3-5(1-2-7(6)14)8(15)16-4-9(11,12)13/h1-3H,4,14H2. The van der Waals surface area contributed by atoms with E-state index in [1.807, 2.05) is 0 Å². The van der Waals surface area contributed by atoms with E-state index in [0.717, 1.165) is 6.07 Å². The van der Waals surface area contributed by atoms with Gasteiger partial charge in [0.05, 0.1) is 16.3 Å². The van der Waals surface area contributed by atoms with Gasteiger partial charge in [0.1, 0.15) is 0 Å². The molecule has 0 aliphatic heterocycles. The van der Waals surface area contributed by atoms with Crippen LogP contribution in [0, 0.1) is 0 Å². The molecule has 0 spiro atoms. The maximum absolute atomic E-state index is 11.8. The Morgan fingerprint density at radius 2 is 2.06 bits per heavy atom. The molecule has 16 heavy (non-hydrogen) atoms. The molecule has 0 amide bonds. The molecule has 0 aliphatic rings. The van der Waals surface area contributed by atoms with Gasteiger partial charge < -0.3 is 10.5 Å². The van der Waals surface area contributed by atoms with Gasteiger partial charge in [-0.1, -0.05) is 11.6 Å². The maximum Gasteiger partial charge on any atom is 0.422 e. The van der Waals surface area contributed by atoms with Gasteiger partial charge in [-0.2, -0.15) is 13.2 Å². The lowest BCUT2D eigenvalue weighted by Crippen LogP contribution is -2.20. The molecule has 0 aliphatic carbocycles. The smallest absolute Gasteiger partial charge is 0.422 e. The van der Waals surface area contributed by atoms with Gasteiger partial charge in [-0.3, -0.25) is 0 Å². The molecule has 1 aromatic carbocycles. The van der Waals surface area contributed by atoms with Crippen LogP contribution in [-0.4, -0.2) is 18.8 Å². The van der Waals surface area contributed by atoms with Gasteiger partial charge >= 0.3 is 12.1 Å². The number of carbonyl (C=O) groups is 1. The highest BCUT2D eigenvalue weighted by molar-refractivity contribution is 6.33. The van der Waals surface area contributed by atoms with Crippen molar-refractivity contribution < 1.29 is 22.7 Å². The highest BCUT2D eigenvalue weighted by Gasteiger charge is 2.29. The van der Waals surface area contributed by atoms with Crippen LogP contribution in [0.2, 0.25) is 5.02 Å². The Bertz CT molecular complexity index is 406. The Morgan fingerprint density at radius 3 is 2.56 bits per heavy atom. The largest absolute Gasteiger partial charge is 0.452 e. The van der Waals surface area contributed by atoms with E-state index in [2.05, 4.69) is 4.74 Å². The van der Waals surface area contributed by atoms with Gasteiger partial charge in [0.2, 0.25) is 0 Å². The molecule has 0 radical (unpaired) electrons. The van der Waals surface area contributed by atoms with E-state index in [-0.39, 0.29) is 16.3 Å². The van der Waals surface area contributed by atoms with Crippen molar-refractivity contribution in [2.24, 2.45) is 0 Å². The zero-order valence-electron chi connectivity index (χ0n) is 7.84. The van der Waals surface area contributed by atoms with Crippen LogP contribution in [-0.2, 0) is 4.74 Å². The van der Waals surface area contributed by atoms with Gasteiger partial charge in [0.25, 0.3) is 0 Å². The van der Waals surface area contributed by atoms with E-state index in [1.165, 1.54) is 12.1 Å². The van der Waals surface area contributed by atoms with E-state index in [0.29, 0.717) is 0 Å². The predicted molar refractivity (Wildman–Crippen MR) is 52.2 cm³/mol. The number of esters is 1. The second-order valence-corrected chi connectivity index (χ2v) is 3.33.